The molecule has 284 valence electrons. The van der Waals surface area contributed by atoms with Crippen LogP contribution in [0.3, 0.4) is 0 Å². The summed E-state index contributed by atoms with van der Waals surface area (Å²) < 4.78 is 6.00. The Balaban J connectivity index is 3.70. The van der Waals surface area contributed by atoms with Gasteiger partial charge in [-0.1, -0.05) is 187 Å². The predicted molar refractivity (Wildman–Crippen MR) is 209 cm³/mol. The van der Waals surface area contributed by atoms with Gasteiger partial charge in [0.2, 0.25) is 0 Å². The van der Waals surface area contributed by atoms with E-state index in [1.165, 1.54) is 173 Å². The fraction of sp³-hybridized carbons (Fsp3) is 0.909. The molecule has 1 N–H and O–H groups in total. The average molecular weight is 677 g/mol. The van der Waals surface area contributed by atoms with E-state index in [0.29, 0.717) is 12.8 Å². The van der Waals surface area contributed by atoms with Crippen LogP contribution >= 0.6 is 0 Å². The second-order valence-electron chi connectivity index (χ2n) is 14.9. The first-order chi connectivity index (χ1) is 23.6. The fourth-order valence-electron chi connectivity index (χ4n) is 6.77. The van der Waals surface area contributed by atoms with Crippen molar-refractivity contribution >= 4 is 11.9 Å². The lowest BCUT2D eigenvalue weighted by Gasteiger charge is -2.18. The Morgan fingerprint density at radius 3 is 1.15 bits per heavy atom. The minimum Gasteiger partial charge on any atom is -0.481 e. The second kappa shape index (κ2) is 40.1. The van der Waals surface area contributed by atoms with E-state index < -0.39 is 5.97 Å². The maximum absolute atomic E-state index is 12.6. The Hall–Kier alpha value is -1.32. The zero-order valence-electron chi connectivity index (χ0n) is 32.6. The van der Waals surface area contributed by atoms with E-state index in [-0.39, 0.29) is 12.1 Å². The van der Waals surface area contributed by atoms with Gasteiger partial charge in [-0.2, -0.15) is 0 Å². The molecule has 0 aliphatic rings. The summed E-state index contributed by atoms with van der Waals surface area (Å²) in [7, 11) is 0. The summed E-state index contributed by atoms with van der Waals surface area (Å²) in [6.45, 7) is 4.53. The Labute approximate surface area is 300 Å². The molecule has 0 aliphatic carbocycles. The smallest absolute Gasteiger partial charge is 0.306 e. The summed E-state index contributed by atoms with van der Waals surface area (Å²) in [5.41, 5.74) is 0. The Bertz CT molecular complexity index is 687. The summed E-state index contributed by atoms with van der Waals surface area (Å²) in [6, 6.07) is 0. The number of unbranched alkanes of at least 4 members (excludes halogenated alkanes) is 29. The van der Waals surface area contributed by atoms with Crippen LogP contribution in [0.25, 0.3) is 0 Å². The van der Waals surface area contributed by atoms with Crippen molar-refractivity contribution < 1.29 is 19.4 Å². The maximum Gasteiger partial charge on any atom is 0.306 e. The Kier molecular flexibility index (Phi) is 39.0. The van der Waals surface area contributed by atoms with Crippen molar-refractivity contribution in [2.24, 2.45) is 0 Å². The molecule has 0 fully saturated rings. The van der Waals surface area contributed by atoms with Crippen molar-refractivity contribution in [3.05, 3.63) is 12.2 Å². The van der Waals surface area contributed by atoms with Crippen LogP contribution in [0.4, 0.5) is 0 Å². The molecule has 0 saturated carbocycles. The van der Waals surface area contributed by atoms with Crippen molar-refractivity contribution in [3.8, 4) is 0 Å². The highest BCUT2D eigenvalue weighted by atomic mass is 16.5. The molecule has 1 atom stereocenters. The van der Waals surface area contributed by atoms with Crippen molar-refractivity contribution in [2.45, 2.75) is 258 Å². The lowest BCUT2D eigenvalue weighted by atomic mass is 10.0. The number of rotatable bonds is 40. The molecule has 0 rings (SSSR count). The molecule has 0 saturated heterocycles. The lowest BCUT2D eigenvalue weighted by Crippen LogP contribution is -2.18. The molecule has 0 heterocycles. The third kappa shape index (κ3) is 39.1. The quantitative estimate of drug-likeness (QED) is 0.0398. The topological polar surface area (TPSA) is 63.6 Å². The van der Waals surface area contributed by atoms with Gasteiger partial charge in [-0.05, 0) is 64.2 Å². The normalized spacial score (nSPS) is 12.2. The van der Waals surface area contributed by atoms with Crippen molar-refractivity contribution in [2.75, 3.05) is 0 Å². The van der Waals surface area contributed by atoms with Crippen molar-refractivity contribution in [1.29, 1.82) is 0 Å². The van der Waals surface area contributed by atoms with Crippen LogP contribution in [-0.4, -0.2) is 23.1 Å². The number of carboxylic acids is 1. The molecule has 0 aromatic heterocycles. The first-order valence-corrected chi connectivity index (χ1v) is 21.7. The SMILES string of the molecule is CCCCCCCC/C=C\CCCCCCCCCCCCCC(=O)OC(CCCCCC)CCCCCCCCCCCCC(=O)O. The van der Waals surface area contributed by atoms with Gasteiger partial charge in [0.1, 0.15) is 6.10 Å². The number of carbonyl (C=O) groups is 2. The Morgan fingerprint density at radius 1 is 0.438 bits per heavy atom. The van der Waals surface area contributed by atoms with Gasteiger partial charge in [-0.3, -0.25) is 9.59 Å². The van der Waals surface area contributed by atoms with Crippen LogP contribution in [0, 0.1) is 0 Å². The van der Waals surface area contributed by atoms with Crippen molar-refractivity contribution in [3.63, 3.8) is 0 Å². The molecule has 0 aromatic rings. The lowest BCUT2D eigenvalue weighted by molar-refractivity contribution is -0.150. The molecular weight excluding hydrogens is 592 g/mol. The summed E-state index contributed by atoms with van der Waals surface area (Å²) in [5, 5.41) is 8.71. The zero-order chi connectivity index (χ0) is 35.0. The molecule has 0 bridgehead atoms. The van der Waals surface area contributed by atoms with Crippen molar-refractivity contribution in [1.82, 2.24) is 0 Å². The molecule has 48 heavy (non-hydrogen) atoms. The summed E-state index contributed by atoms with van der Waals surface area (Å²) >= 11 is 0. The minimum absolute atomic E-state index is 0.0344. The minimum atomic E-state index is -0.673. The Morgan fingerprint density at radius 2 is 0.750 bits per heavy atom. The van der Waals surface area contributed by atoms with E-state index in [0.717, 1.165) is 51.4 Å². The molecule has 0 amide bonds. The van der Waals surface area contributed by atoms with Crippen LogP contribution in [0.2, 0.25) is 0 Å². The van der Waals surface area contributed by atoms with Crippen LogP contribution < -0.4 is 0 Å². The van der Waals surface area contributed by atoms with Crippen LogP contribution in [0.15, 0.2) is 12.2 Å². The van der Waals surface area contributed by atoms with Gasteiger partial charge in [0.05, 0.1) is 0 Å². The van der Waals surface area contributed by atoms with Crippen LogP contribution in [-0.2, 0) is 14.3 Å². The summed E-state index contributed by atoms with van der Waals surface area (Å²) in [4.78, 5) is 23.2. The molecule has 4 nitrogen and oxygen atoms in total. The van der Waals surface area contributed by atoms with E-state index in [4.69, 9.17) is 9.84 Å². The maximum atomic E-state index is 12.6. The fourth-order valence-corrected chi connectivity index (χ4v) is 6.77. The number of hydrogen-bond donors (Lipinski definition) is 1. The van der Waals surface area contributed by atoms with Gasteiger partial charge in [-0.15, -0.1) is 0 Å². The number of aliphatic carboxylic acids is 1. The second-order valence-corrected chi connectivity index (χ2v) is 14.9. The van der Waals surface area contributed by atoms with Gasteiger partial charge < -0.3 is 9.84 Å². The highest BCUT2D eigenvalue weighted by Crippen LogP contribution is 2.19. The van der Waals surface area contributed by atoms with E-state index in [9.17, 15) is 9.59 Å². The van der Waals surface area contributed by atoms with Gasteiger partial charge in [0.25, 0.3) is 0 Å². The highest BCUT2D eigenvalue weighted by molar-refractivity contribution is 5.69. The number of carbonyl (C=O) groups excluding carboxylic acids is 1. The van der Waals surface area contributed by atoms with E-state index >= 15 is 0 Å². The predicted octanol–water partition coefficient (Wildman–Crippen LogP) is 15.0. The van der Waals surface area contributed by atoms with Crippen LogP contribution in [0.5, 0.6) is 0 Å². The average Bonchev–Trinajstić information content (AvgIpc) is 3.07. The molecule has 1 unspecified atom stereocenters. The van der Waals surface area contributed by atoms with Gasteiger partial charge >= 0.3 is 11.9 Å². The van der Waals surface area contributed by atoms with E-state index in [2.05, 4.69) is 26.0 Å². The van der Waals surface area contributed by atoms with E-state index in [1.54, 1.807) is 0 Å². The molecule has 0 radical (unpaired) electrons. The third-order valence-corrected chi connectivity index (χ3v) is 9.99. The molecular formula is C44H84O4. The first-order valence-electron chi connectivity index (χ1n) is 21.7. The number of hydrogen-bond acceptors (Lipinski definition) is 3. The zero-order valence-corrected chi connectivity index (χ0v) is 32.6. The van der Waals surface area contributed by atoms with Gasteiger partial charge in [0.15, 0.2) is 0 Å². The molecule has 0 aromatic carbocycles. The molecule has 0 aliphatic heterocycles. The molecule has 0 spiro atoms. The standard InChI is InChI=1S/C44H84O4/c1-3-5-7-9-10-11-12-13-14-15-16-17-18-19-20-21-22-27-30-33-37-41-44(47)48-42(38-34-8-6-4-2)39-35-31-28-25-23-24-26-29-32-36-40-43(45)46/h13-14,42H,3-12,15-41H2,1-2H3,(H,45,46)/b14-13-. The monoisotopic (exact) mass is 677 g/mol. The largest absolute Gasteiger partial charge is 0.481 e. The number of carboxylic acid groups (broad SMARTS) is 1. The number of esters is 1. The van der Waals surface area contributed by atoms with Gasteiger partial charge in [-0.25, -0.2) is 0 Å². The first kappa shape index (κ1) is 46.7. The van der Waals surface area contributed by atoms with E-state index in [1.807, 2.05) is 0 Å². The molecule has 4 heteroatoms. The van der Waals surface area contributed by atoms with Gasteiger partial charge in [0, 0.05) is 12.8 Å². The number of ether oxygens (including phenoxy) is 1. The number of allylic oxidation sites excluding steroid dienone is 2. The summed E-state index contributed by atoms with van der Waals surface area (Å²) in [5.74, 6) is -0.639. The highest BCUT2D eigenvalue weighted by Gasteiger charge is 2.14. The van der Waals surface area contributed by atoms with Crippen LogP contribution in [0.1, 0.15) is 251 Å². The third-order valence-electron chi connectivity index (χ3n) is 9.99. The summed E-state index contributed by atoms with van der Waals surface area (Å²) in [6.07, 6.45) is 49.9.